The Morgan fingerprint density at radius 3 is 1.36 bits per heavy atom. The Balaban J connectivity index is 1.77. The zero-order valence-electron chi connectivity index (χ0n) is 20.0. The van der Waals surface area contributed by atoms with Crippen molar-refractivity contribution >= 4 is 41.4 Å². The summed E-state index contributed by atoms with van der Waals surface area (Å²) in [4.78, 5) is -0.0576. The molecule has 12 heteroatoms. The molecule has 0 radical (unpaired) electrons. The van der Waals surface area contributed by atoms with Crippen molar-refractivity contribution in [1.82, 2.24) is 4.31 Å². The number of aryl methyl sites for hydroxylation is 2. The molecule has 0 saturated heterocycles. The maximum atomic E-state index is 13.3. The van der Waals surface area contributed by atoms with Crippen LogP contribution in [0.1, 0.15) is 11.1 Å². The van der Waals surface area contributed by atoms with E-state index in [1.165, 1.54) is 24.3 Å². The second-order valence-corrected chi connectivity index (χ2v) is 13.9. The van der Waals surface area contributed by atoms with E-state index in [1.54, 1.807) is 54.6 Å². The van der Waals surface area contributed by atoms with Gasteiger partial charge in [0.05, 0.1) is 16.4 Å². The Bertz CT molecular complexity index is 1390. The van der Waals surface area contributed by atoms with Crippen LogP contribution in [0.2, 0.25) is 0 Å². The number of nitrogens with zero attached hydrogens (tertiary/aromatic N) is 1. The Hall–Kier alpha value is -2.93. The minimum Gasteiger partial charge on any atom is -0.284 e. The van der Waals surface area contributed by atoms with Gasteiger partial charge in [-0.25, -0.2) is 25.3 Å². The Morgan fingerprint density at radius 2 is 0.972 bits per heavy atom. The number of sulfonamides is 3. The van der Waals surface area contributed by atoms with Crippen LogP contribution in [0, 0.1) is 13.8 Å². The molecule has 0 aliphatic rings. The molecule has 0 atom stereocenters. The van der Waals surface area contributed by atoms with Gasteiger partial charge in [0.25, 0.3) is 0 Å². The van der Waals surface area contributed by atoms with Crippen LogP contribution < -0.4 is 9.44 Å². The lowest BCUT2D eigenvalue weighted by Gasteiger charge is -2.22. The molecule has 0 aliphatic carbocycles. The van der Waals surface area contributed by atoms with Gasteiger partial charge in [0, 0.05) is 24.5 Å². The van der Waals surface area contributed by atoms with Crippen molar-refractivity contribution in [2.45, 2.75) is 18.7 Å². The largest absolute Gasteiger partial charge is 0.284 e. The molecule has 0 spiro atoms. The molecular weight excluding hydrogens is 522 g/mol. The summed E-state index contributed by atoms with van der Waals surface area (Å²) in [5.74, 6) is -1.11. The number of anilines is 2. The lowest BCUT2D eigenvalue weighted by atomic mass is 10.2. The summed E-state index contributed by atoms with van der Waals surface area (Å²) in [5.41, 5.74) is 2.61. The van der Waals surface area contributed by atoms with Crippen molar-refractivity contribution in [3.05, 3.63) is 90.0 Å². The van der Waals surface area contributed by atoms with E-state index in [0.29, 0.717) is 11.4 Å². The van der Waals surface area contributed by atoms with E-state index in [9.17, 15) is 25.3 Å². The molecule has 3 rings (SSSR count). The fourth-order valence-corrected chi connectivity index (χ4v) is 7.05. The molecule has 0 heterocycles. The van der Waals surface area contributed by atoms with Crippen LogP contribution in [-0.4, -0.2) is 54.2 Å². The number of hydrogen-bond acceptors (Lipinski definition) is 6. The highest BCUT2D eigenvalue weighted by Gasteiger charge is 2.28. The summed E-state index contributed by atoms with van der Waals surface area (Å²) in [7, 11) is -12.0. The van der Waals surface area contributed by atoms with Gasteiger partial charge in [-0.1, -0.05) is 53.6 Å². The smallest absolute Gasteiger partial charge is 0.243 e. The highest BCUT2D eigenvalue weighted by atomic mass is 32.2. The lowest BCUT2D eigenvalue weighted by Crippen LogP contribution is -2.40. The highest BCUT2D eigenvalue weighted by Crippen LogP contribution is 2.17. The third kappa shape index (κ3) is 8.05. The third-order valence-corrected chi connectivity index (χ3v) is 9.70. The molecular formula is C24H29N3O6S3. The zero-order valence-corrected chi connectivity index (χ0v) is 22.4. The van der Waals surface area contributed by atoms with Crippen molar-refractivity contribution in [1.29, 1.82) is 0 Å². The molecule has 0 unspecified atom stereocenters. The molecule has 0 saturated carbocycles. The minimum absolute atomic E-state index is 0.0576. The standard InChI is InChI=1S/C24H29N3O6S3/c1-20-8-12-22(13-9-20)25-34(28,29)18-16-27(36(32,33)24-6-4-3-5-7-24)17-19-35(30,31)26-23-14-10-21(2)11-15-23/h3-15,25-26H,16-19H2,1-2H3. The quantitative estimate of drug-likeness (QED) is 0.356. The van der Waals surface area contributed by atoms with Crippen molar-refractivity contribution in [3.8, 4) is 0 Å². The zero-order chi connectivity index (χ0) is 26.4. The normalized spacial score (nSPS) is 12.4. The predicted octanol–water partition coefficient (Wildman–Crippen LogP) is 3.18. The van der Waals surface area contributed by atoms with Crippen LogP contribution in [-0.2, 0) is 30.1 Å². The van der Waals surface area contributed by atoms with Crippen molar-refractivity contribution in [2.75, 3.05) is 34.0 Å². The van der Waals surface area contributed by atoms with E-state index in [4.69, 9.17) is 0 Å². The van der Waals surface area contributed by atoms with Crippen molar-refractivity contribution in [3.63, 3.8) is 0 Å². The Kier molecular flexibility index (Phi) is 8.77. The van der Waals surface area contributed by atoms with E-state index < -0.39 is 54.7 Å². The number of hydrogen-bond donors (Lipinski definition) is 2. The summed E-state index contributed by atoms with van der Waals surface area (Å²) in [6, 6.07) is 20.9. The number of rotatable bonds is 12. The second-order valence-electron chi connectivity index (χ2n) is 8.29. The van der Waals surface area contributed by atoms with Crippen LogP contribution >= 0.6 is 0 Å². The Morgan fingerprint density at radius 1 is 0.583 bits per heavy atom. The molecule has 0 amide bonds. The molecule has 2 N–H and O–H groups in total. The summed E-state index contributed by atoms with van der Waals surface area (Å²) in [6.07, 6.45) is 0. The summed E-state index contributed by atoms with van der Waals surface area (Å²) < 4.78 is 82.9. The van der Waals surface area contributed by atoms with E-state index >= 15 is 0 Å². The van der Waals surface area contributed by atoms with Crippen LogP contribution in [0.25, 0.3) is 0 Å². The van der Waals surface area contributed by atoms with Gasteiger partial charge in [-0.15, -0.1) is 0 Å². The maximum Gasteiger partial charge on any atom is 0.243 e. The fraction of sp³-hybridized carbons (Fsp3) is 0.250. The first-order valence-electron chi connectivity index (χ1n) is 11.1. The first-order valence-corrected chi connectivity index (χ1v) is 15.8. The first-order chi connectivity index (χ1) is 16.9. The van der Waals surface area contributed by atoms with Gasteiger partial charge in [-0.2, -0.15) is 4.31 Å². The van der Waals surface area contributed by atoms with E-state index in [0.717, 1.165) is 15.4 Å². The summed E-state index contributed by atoms with van der Waals surface area (Å²) >= 11 is 0. The van der Waals surface area contributed by atoms with Gasteiger partial charge in [0.1, 0.15) is 0 Å². The monoisotopic (exact) mass is 551 g/mol. The molecule has 9 nitrogen and oxygen atoms in total. The number of benzene rings is 3. The predicted molar refractivity (Wildman–Crippen MR) is 142 cm³/mol. The molecule has 0 aliphatic heterocycles. The third-order valence-electron chi connectivity index (χ3n) is 5.25. The molecule has 0 aromatic heterocycles. The average molecular weight is 552 g/mol. The van der Waals surface area contributed by atoms with Gasteiger partial charge in [0.15, 0.2) is 0 Å². The number of nitrogens with one attached hydrogen (secondary N) is 2. The van der Waals surface area contributed by atoms with Gasteiger partial charge >= 0.3 is 0 Å². The molecule has 3 aromatic carbocycles. The lowest BCUT2D eigenvalue weighted by molar-refractivity contribution is 0.444. The van der Waals surface area contributed by atoms with E-state index in [-0.39, 0.29) is 4.90 Å². The topological polar surface area (TPSA) is 130 Å². The maximum absolute atomic E-state index is 13.3. The van der Waals surface area contributed by atoms with Crippen LogP contribution in [0.5, 0.6) is 0 Å². The Labute approximate surface area is 213 Å². The molecule has 0 fully saturated rings. The van der Waals surface area contributed by atoms with Gasteiger partial charge in [0.2, 0.25) is 30.1 Å². The van der Waals surface area contributed by atoms with Gasteiger partial charge < -0.3 is 0 Å². The average Bonchev–Trinajstić information content (AvgIpc) is 2.82. The molecule has 194 valence electrons. The van der Waals surface area contributed by atoms with Crippen LogP contribution in [0.15, 0.2) is 83.8 Å². The molecule has 36 heavy (non-hydrogen) atoms. The second kappa shape index (κ2) is 11.4. The summed E-state index contributed by atoms with van der Waals surface area (Å²) in [5, 5.41) is 0. The van der Waals surface area contributed by atoms with Crippen molar-refractivity contribution < 1.29 is 25.3 Å². The van der Waals surface area contributed by atoms with Gasteiger partial charge in [-0.05, 0) is 50.2 Å². The minimum atomic E-state index is -4.15. The fourth-order valence-electron chi connectivity index (χ4n) is 3.24. The van der Waals surface area contributed by atoms with Crippen LogP contribution in [0.4, 0.5) is 11.4 Å². The van der Waals surface area contributed by atoms with Crippen LogP contribution in [0.3, 0.4) is 0 Å². The van der Waals surface area contributed by atoms with Gasteiger partial charge in [-0.3, -0.25) is 9.44 Å². The molecule has 0 bridgehead atoms. The molecule has 3 aromatic rings. The van der Waals surface area contributed by atoms with E-state index in [2.05, 4.69) is 9.44 Å². The SMILES string of the molecule is Cc1ccc(NS(=O)(=O)CCN(CCS(=O)(=O)Nc2ccc(C)cc2)S(=O)(=O)c2ccccc2)cc1. The summed E-state index contributed by atoms with van der Waals surface area (Å²) in [6.45, 7) is 2.87. The highest BCUT2D eigenvalue weighted by molar-refractivity contribution is 7.93. The van der Waals surface area contributed by atoms with E-state index in [1.807, 2.05) is 13.8 Å². The first kappa shape index (κ1) is 27.7. The van der Waals surface area contributed by atoms with Crippen molar-refractivity contribution in [2.24, 2.45) is 0 Å².